The highest BCUT2D eigenvalue weighted by Crippen LogP contribution is 2.50. The lowest BCUT2D eigenvalue weighted by atomic mass is 9.96. The molecule has 0 saturated carbocycles. The molecule has 0 heterocycles. The lowest BCUT2D eigenvalue weighted by molar-refractivity contribution is 0.0696. The van der Waals surface area contributed by atoms with Crippen molar-refractivity contribution < 1.29 is 40.5 Å². The van der Waals surface area contributed by atoms with Gasteiger partial charge in [0.25, 0.3) is 0 Å². The molecular weight excluding hydrogens is 284 g/mol. The Morgan fingerprint density at radius 2 is 1.33 bits per heavy atom. The number of carboxylic acid groups (broad SMARTS) is 1. The van der Waals surface area contributed by atoms with Gasteiger partial charge in [0.2, 0.25) is 11.5 Å². The molecule has 0 bridgehead atoms. The minimum atomic E-state index is -1.55. The summed E-state index contributed by atoms with van der Waals surface area (Å²) in [5.41, 5.74) is -1.50. The predicted octanol–water partition coefficient (Wildman–Crippen LogP) is 1.29. The Balaban J connectivity index is 2.90. The van der Waals surface area contributed by atoms with Crippen molar-refractivity contribution in [2.75, 3.05) is 0 Å². The van der Waals surface area contributed by atoms with Crippen LogP contribution in [-0.4, -0.2) is 41.7 Å². The van der Waals surface area contributed by atoms with Gasteiger partial charge in [0.1, 0.15) is 0 Å². The molecule has 0 saturated heterocycles. The van der Waals surface area contributed by atoms with Crippen molar-refractivity contribution in [1.82, 2.24) is 0 Å². The van der Waals surface area contributed by atoms with Crippen molar-refractivity contribution in [3.05, 3.63) is 23.8 Å². The van der Waals surface area contributed by atoms with E-state index in [4.69, 9.17) is 5.11 Å². The average Bonchev–Trinajstić information content (AvgIpc) is 2.43. The van der Waals surface area contributed by atoms with E-state index in [0.717, 1.165) is 12.1 Å². The Bertz CT molecular complexity index is 751. The molecule has 0 unspecified atom stereocenters. The fourth-order valence-electron chi connectivity index (χ4n) is 1.86. The quantitative estimate of drug-likeness (QED) is 0.408. The number of carboxylic acids is 1. The van der Waals surface area contributed by atoms with Crippen molar-refractivity contribution in [3.63, 3.8) is 0 Å². The largest absolute Gasteiger partial charge is 0.504 e. The summed E-state index contributed by atoms with van der Waals surface area (Å²) in [6.07, 6.45) is 0. The third-order valence-corrected chi connectivity index (χ3v) is 2.88. The average molecular weight is 294 g/mol. The monoisotopic (exact) mass is 294 g/mol. The van der Waals surface area contributed by atoms with Crippen molar-refractivity contribution in [3.8, 4) is 45.6 Å². The molecule has 8 nitrogen and oxygen atoms in total. The number of aromatic carboxylic acids is 1. The van der Waals surface area contributed by atoms with Crippen LogP contribution in [0, 0.1) is 0 Å². The highest BCUT2D eigenvalue weighted by molar-refractivity contribution is 6.01. The summed E-state index contributed by atoms with van der Waals surface area (Å²) in [5.74, 6) is -6.86. The van der Waals surface area contributed by atoms with E-state index in [-0.39, 0.29) is 5.56 Å². The predicted molar refractivity (Wildman–Crippen MR) is 68.8 cm³/mol. The number of phenolic OH excluding ortho intramolecular Hbond substituents is 6. The first-order valence-corrected chi connectivity index (χ1v) is 5.51. The Morgan fingerprint density at radius 1 is 0.762 bits per heavy atom. The number of rotatable bonds is 2. The summed E-state index contributed by atoms with van der Waals surface area (Å²) < 4.78 is 0. The number of benzene rings is 2. The summed E-state index contributed by atoms with van der Waals surface area (Å²) in [6, 6.07) is 2.66. The smallest absolute Gasteiger partial charge is 0.336 e. The maximum atomic E-state index is 11.2. The minimum Gasteiger partial charge on any atom is -0.504 e. The highest BCUT2D eigenvalue weighted by atomic mass is 16.4. The second kappa shape index (κ2) is 4.67. The van der Waals surface area contributed by atoms with Gasteiger partial charge >= 0.3 is 5.97 Å². The topological polar surface area (TPSA) is 159 Å². The molecule has 7 N–H and O–H groups in total. The molecule has 0 aliphatic rings. The number of hydrogen-bond acceptors (Lipinski definition) is 7. The Labute approximate surface area is 117 Å². The Kier molecular flexibility index (Phi) is 3.14. The maximum Gasteiger partial charge on any atom is 0.336 e. The lowest BCUT2D eigenvalue weighted by Crippen LogP contribution is -2.00. The van der Waals surface area contributed by atoms with Gasteiger partial charge in [0.05, 0.1) is 5.56 Å². The van der Waals surface area contributed by atoms with Crippen LogP contribution in [0.1, 0.15) is 10.4 Å². The highest BCUT2D eigenvalue weighted by Gasteiger charge is 2.25. The maximum absolute atomic E-state index is 11.2. The molecule has 0 aromatic heterocycles. The van der Waals surface area contributed by atoms with E-state index in [1.54, 1.807) is 0 Å². The molecule has 0 spiro atoms. The molecular formula is C13H10O8. The summed E-state index contributed by atoms with van der Waals surface area (Å²) >= 11 is 0. The van der Waals surface area contributed by atoms with Crippen LogP contribution >= 0.6 is 0 Å². The van der Waals surface area contributed by atoms with Crippen LogP contribution in [0.3, 0.4) is 0 Å². The number of aromatic hydroxyl groups is 6. The first-order chi connectivity index (χ1) is 9.75. The van der Waals surface area contributed by atoms with Gasteiger partial charge in [0, 0.05) is 11.1 Å². The molecule has 110 valence electrons. The van der Waals surface area contributed by atoms with Gasteiger partial charge < -0.3 is 35.7 Å². The van der Waals surface area contributed by atoms with E-state index in [0.29, 0.717) is 6.07 Å². The number of hydrogen-bond donors (Lipinski definition) is 7. The van der Waals surface area contributed by atoms with Crippen molar-refractivity contribution in [2.24, 2.45) is 0 Å². The molecule has 0 aliphatic heterocycles. The second-order valence-corrected chi connectivity index (χ2v) is 4.15. The molecule has 0 amide bonds. The van der Waals surface area contributed by atoms with Crippen molar-refractivity contribution in [2.45, 2.75) is 0 Å². The first kappa shape index (κ1) is 14.1. The number of carbonyl (C=O) groups is 1. The molecule has 0 radical (unpaired) electrons. The minimum absolute atomic E-state index is 0.351. The van der Waals surface area contributed by atoms with Crippen LogP contribution in [-0.2, 0) is 0 Å². The van der Waals surface area contributed by atoms with Crippen LogP contribution in [0.25, 0.3) is 11.1 Å². The van der Waals surface area contributed by atoms with Crippen molar-refractivity contribution in [1.29, 1.82) is 0 Å². The van der Waals surface area contributed by atoms with E-state index in [1.165, 1.54) is 0 Å². The fourth-order valence-corrected chi connectivity index (χ4v) is 1.86. The molecule has 0 fully saturated rings. The summed E-state index contributed by atoms with van der Waals surface area (Å²) in [7, 11) is 0. The van der Waals surface area contributed by atoms with Gasteiger partial charge in [-0.3, -0.25) is 0 Å². The van der Waals surface area contributed by atoms with E-state index in [1.807, 2.05) is 0 Å². The van der Waals surface area contributed by atoms with Gasteiger partial charge in [0.15, 0.2) is 23.0 Å². The fraction of sp³-hybridized carbons (Fsp3) is 0. The Hall–Kier alpha value is -3.29. The molecule has 21 heavy (non-hydrogen) atoms. The van der Waals surface area contributed by atoms with Crippen LogP contribution in [0.5, 0.6) is 34.5 Å². The van der Waals surface area contributed by atoms with Crippen LogP contribution in [0.4, 0.5) is 0 Å². The standard InChI is InChI=1S/C13H10O8/c14-6-2-1-4(9(16)10(6)17)8-5(13(20)21)3-7(15)11(18)12(8)19/h1-3,14-19H,(H,20,21). The zero-order chi connectivity index (χ0) is 15.9. The van der Waals surface area contributed by atoms with Crippen LogP contribution in [0.15, 0.2) is 18.2 Å². The normalized spacial score (nSPS) is 10.5. The van der Waals surface area contributed by atoms with Gasteiger partial charge in [-0.25, -0.2) is 4.79 Å². The summed E-state index contributed by atoms with van der Waals surface area (Å²) in [4.78, 5) is 11.2. The zero-order valence-electron chi connectivity index (χ0n) is 10.3. The summed E-state index contributed by atoms with van der Waals surface area (Å²) in [6.45, 7) is 0. The third kappa shape index (κ3) is 2.08. The van der Waals surface area contributed by atoms with E-state index in [9.17, 15) is 35.4 Å². The number of phenols is 6. The third-order valence-electron chi connectivity index (χ3n) is 2.88. The van der Waals surface area contributed by atoms with Crippen LogP contribution in [0.2, 0.25) is 0 Å². The van der Waals surface area contributed by atoms with Gasteiger partial charge in [-0.2, -0.15) is 0 Å². The van der Waals surface area contributed by atoms with Gasteiger partial charge in [-0.15, -0.1) is 0 Å². The van der Waals surface area contributed by atoms with Crippen molar-refractivity contribution >= 4 is 5.97 Å². The summed E-state index contributed by atoms with van der Waals surface area (Å²) in [5, 5.41) is 66.2. The van der Waals surface area contributed by atoms with Gasteiger partial charge in [-0.1, -0.05) is 0 Å². The molecule has 2 rings (SSSR count). The molecule has 8 heteroatoms. The first-order valence-electron chi connectivity index (χ1n) is 5.51. The zero-order valence-corrected chi connectivity index (χ0v) is 10.3. The van der Waals surface area contributed by atoms with Gasteiger partial charge in [-0.05, 0) is 18.2 Å². The molecule has 2 aromatic rings. The van der Waals surface area contributed by atoms with Crippen LogP contribution < -0.4 is 0 Å². The Morgan fingerprint density at radius 3 is 1.90 bits per heavy atom. The molecule has 0 atom stereocenters. The van der Waals surface area contributed by atoms with E-state index >= 15 is 0 Å². The SMILES string of the molecule is O=C(O)c1cc(O)c(O)c(O)c1-c1ccc(O)c(O)c1O. The molecule has 2 aromatic carbocycles. The molecule has 0 aliphatic carbocycles. The lowest BCUT2D eigenvalue weighted by Gasteiger charge is -2.14. The van der Waals surface area contributed by atoms with E-state index < -0.39 is 51.6 Å². The second-order valence-electron chi connectivity index (χ2n) is 4.15. The van der Waals surface area contributed by atoms with E-state index in [2.05, 4.69) is 0 Å².